The summed E-state index contributed by atoms with van der Waals surface area (Å²) >= 11 is 0. The summed E-state index contributed by atoms with van der Waals surface area (Å²) in [7, 11) is 1.64. The molecule has 3 nitrogen and oxygen atoms in total. The third kappa shape index (κ3) is 3.17. The molecule has 0 saturated carbocycles. The monoisotopic (exact) mass is 327 g/mol. The third-order valence-electron chi connectivity index (χ3n) is 4.04. The predicted molar refractivity (Wildman–Crippen MR) is 101 cm³/mol. The molecule has 0 aliphatic heterocycles. The Labute approximate surface area is 146 Å². The molecular weight excluding hydrogens is 310 g/mol. The lowest BCUT2D eigenvalue weighted by Crippen LogP contribution is -1.83. The molecule has 0 saturated heterocycles. The first-order valence-electron chi connectivity index (χ1n) is 8.10. The molecule has 0 amide bonds. The minimum atomic E-state index is 0.608. The first-order valence-corrected chi connectivity index (χ1v) is 8.10. The van der Waals surface area contributed by atoms with Gasteiger partial charge in [-0.3, -0.25) is 0 Å². The van der Waals surface area contributed by atoms with Crippen LogP contribution in [0.5, 0.6) is 5.75 Å². The van der Waals surface area contributed by atoms with Crippen molar-refractivity contribution >= 4 is 23.3 Å². The summed E-state index contributed by atoms with van der Waals surface area (Å²) in [5.41, 5.74) is 4.71. The second-order valence-electron chi connectivity index (χ2n) is 5.68. The Hall–Kier alpha value is -3.33. The zero-order valence-corrected chi connectivity index (χ0v) is 13.8. The van der Waals surface area contributed by atoms with Crippen LogP contribution in [0.3, 0.4) is 0 Å². The van der Waals surface area contributed by atoms with Crippen LogP contribution in [-0.4, -0.2) is 12.1 Å². The van der Waals surface area contributed by atoms with Crippen molar-refractivity contribution in [1.82, 2.24) is 4.98 Å². The molecule has 25 heavy (non-hydrogen) atoms. The van der Waals surface area contributed by atoms with E-state index in [2.05, 4.69) is 35.3 Å². The van der Waals surface area contributed by atoms with Gasteiger partial charge < -0.3 is 9.15 Å². The summed E-state index contributed by atoms with van der Waals surface area (Å²) in [6.45, 7) is 0. The fraction of sp³-hybridized carbons (Fsp3) is 0.0455. The van der Waals surface area contributed by atoms with Crippen molar-refractivity contribution in [1.29, 1.82) is 0 Å². The number of hydrogen-bond acceptors (Lipinski definition) is 3. The molecule has 0 radical (unpaired) electrons. The maximum absolute atomic E-state index is 5.95. The molecular formula is C22H17NO2. The van der Waals surface area contributed by atoms with Crippen LogP contribution in [0.15, 0.2) is 77.2 Å². The van der Waals surface area contributed by atoms with Crippen LogP contribution in [0, 0.1) is 0 Å². The van der Waals surface area contributed by atoms with Crippen LogP contribution in [-0.2, 0) is 0 Å². The van der Waals surface area contributed by atoms with Gasteiger partial charge in [-0.15, -0.1) is 0 Å². The Morgan fingerprint density at radius 3 is 2.52 bits per heavy atom. The van der Waals surface area contributed by atoms with Gasteiger partial charge in [0.25, 0.3) is 0 Å². The Morgan fingerprint density at radius 1 is 0.880 bits per heavy atom. The van der Waals surface area contributed by atoms with Gasteiger partial charge >= 0.3 is 0 Å². The number of fused-ring (bicyclic) bond motifs is 1. The van der Waals surface area contributed by atoms with Gasteiger partial charge in [0.2, 0.25) is 5.89 Å². The van der Waals surface area contributed by atoms with Gasteiger partial charge in [-0.05, 0) is 29.3 Å². The molecule has 0 unspecified atom stereocenters. The average Bonchev–Trinajstić information content (AvgIpc) is 3.10. The van der Waals surface area contributed by atoms with E-state index in [0.717, 1.165) is 33.5 Å². The molecule has 3 heteroatoms. The maximum atomic E-state index is 5.95. The number of oxazole rings is 1. The lowest BCUT2D eigenvalue weighted by Gasteiger charge is -2.01. The van der Waals surface area contributed by atoms with Crippen LogP contribution < -0.4 is 4.74 Å². The van der Waals surface area contributed by atoms with Crippen molar-refractivity contribution in [3.8, 4) is 17.2 Å². The number of methoxy groups -OCH3 is 1. The topological polar surface area (TPSA) is 35.3 Å². The molecule has 4 rings (SSSR count). The zero-order valence-electron chi connectivity index (χ0n) is 13.8. The molecule has 4 aromatic rings. The van der Waals surface area contributed by atoms with Crippen molar-refractivity contribution in [2.75, 3.05) is 7.11 Å². The highest BCUT2D eigenvalue weighted by Crippen LogP contribution is 2.29. The molecule has 0 spiro atoms. The third-order valence-corrected chi connectivity index (χ3v) is 4.04. The van der Waals surface area contributed by atoms with Crippen molar-refractivity contribution in [2.24, 2.45) is 0 Å². The quantitative estimate of drug-likeness (QED) is 0.453. The largest absolute Gasteiger partial charge is 0.497 e. The molecule has 1 heterocycles. The van der Waals surface area contributed by atoms with E-state index >= 15 is 0 Å². The van der Waals surface area contributed by atoms with E-state index in [1.165, 1.54) is 0 Å². The Kier molecular flexibility index (Phi) is 4.05. The molecule has 0 aliphatic carbocycles. The van der Waals surface area contributed by atoms with E-state index in [1.807, 2.05) is 54.6 Å². The summed E-state index contributed by atoms with van der Waals surface area (Å²) in [6, 6.07) is 23.9. The van der Waals surface area contributed by atoms with Crippen LogP contribution in [0.1, 0.15) is 11.1 Å². The smallest absolute Gasteiger partial charge is 0.227 e. The molecule has 0 aliphatic rings. The van der Waals surface area contributed by atoms with E-state index in [0.29, 0.717) is 5.89 Å². The fourth-order valence-corrected chi connectivity index (χ4v) is 2.74. The highest BCUT2D eigenvalue weighted by Gasteiger charge is 2.11. The van der Waals surface area contributed by atoms with E-state index in [9.17, 15) is 0 Å². The number of rotatable bonds is 4. The summed E-state index contributed by atoms with van der Waals surface area (Å²) in [5, 5.41) is 0. The van der Waals surface area contributed by atoms with Crippen LogP contribution in [0.2, 0.25) is 0 Å². The zero-order chi connectivity index (χ0) is 17.1. The van der Waals surface area contributed by atoms with Gasteiger partial charge in [0.05, 0.1) is 7.11 Å². The van der Waals surface area contributed by atoms with E-state index in [1.54, 1.807) is 7.11 Å². The lowest BCUT2D eigenvalue weighted by atomic mass is 10.1. The van der Waals surface area contributed by atoms with Crippen molar-refractivity contribution in [3.63, 3.8) is 0 Å². The molecule has 0 N–H and O–H groups in total. The molecule has 3 aromatic carbocycles. The number of ether oxygens (including phenoxy) is 1. The summed E-state index contributed by atoms with van der Waals surface area (Å²) < 4.78 is 11.2. The number of hydrogen-bond donors (Lipinski definition) is 0. The first-order chi connectivity index (χ1) is 12.3. The molecule has 0 atom stereocenters. The van der Waals surface area contributed by atoms with Crippen molar-refractivity contribution < 1.29 is 9.15 Å². The van der Waals surface area contributed by atoms with E-state index in [4.69, 9.17) is 9.15 Å². The first kappa shape index (κ1) is 15.2. The minimum Gasteiger partial charge on any atom is -0.497 e. The van der Waals surface area contributed by atoms with Crippen molar-refractivity contribution in [2.45, 2.75) is 0 Å². The van der Waals surface area contributed by atoms with Gasteiger partial charge in [-0.1, -0.05) is 60.7 Å². The van der Waals surface area contributed by atoms with Gasteiger partial charge in [0, 0.05) is 11.6 Å². The SMILES string of the molecule is COc1ccc2oc(-c3ccccc3C=Cc3ccccc3)nc2c1. The Balaban J connectivity index is 1.75. The van der Waals surface area contributed by atoms with Gasteiger partial charge in [-0.2, -0.15) is 0 Å². The maximum Gasteiger partial charge on any atom is 0.227 e. The minimum absolute atomic E-state index is 0.608. The van der Waals surface area contributed by atoms with E-state index in [-0.39, 0.29) is 0 Å². The normalized spacial score (nSPS) is 11.2. The Bertz CT molecular complexity index is 1030. The second-order valence-corrected chi connectivity index (χ2v) is 5.68. The standard InChI is InChI=1S/C22H17NO2/c1-24-18-13-14-21-20(15-18)23-22(25-21)19-10-6-5-9-17(19)12-11-16-7-3-2-4-8-16/h2-15H,1H3. The summed E-state index contributed by atoms with van der Waals surface area (Å²) in [4.78, 5) is 4.63. The fourth-order valence-electron chi connectivity index (χ4n) is 2.74. The van der Waals surface area contributed by atoms with Crippen LogP contribution >= 0.6 is 0 Å². The van der Waals surface area contributed by atoms with E-state index < -0.39 is 0 Å². The Morgan fingerprint density at radius 2 is 1.68 bits per heavy atom. The van der Waals surface area contributed by atoms with Gasteiger partial charge in [0.15, 0.2) is 5.58 Å². The molecule has 122 valence electrons. The predicted octanol–water partition coefficient (Wildman–Crippen LogP) is 5.67. The highest BCUT2D eigenvalue weighted by molar-refractivity contribution is 5.82. The second kappa shape index (κ2) is 6.65. The highest BCUT2D eigenvalue weighted by atomic mass is 16.5. The molecule has 1 aromatic heterocycles. The molecule has 0 fully saturated rings. The number of nitrogens with zero attached hydrogens (tertiary/aromatic N) is 1. The van der Waals surface area contributed by atoms with Gasteiger partial charge in [-0.25, -0.2) is 4.98 Å². The number of aromatic nitrogens is 1. The summed E-state index contributed by atoms with van der Waals surface area (Å²) in [6.07, 6.45) is 4.17. The number of benzene rings is 3. The lowest BCUT2D eigenvalue weighted by molar-refractivity contribution is 0.415. The molecule has 0 bridgehead atoms. The van der Waals surface area contributed by atoms with Crippen LogP contribution in [0.25, 0.3) is 34.7 Å². The van der Waals surface area contributed by atoms with Crippen molar-refractivity contribution in [3.05, 3.63) is 83.9 Å². The van der Waals surface area contributed by atoms with Crippen LogP contribution in [0.4, 0.5) is 0 Å². The summed E-state index contributed by atoms with van der Waals surface area (Å²) in [5.74, 6) is 1.38. The average molecular weight is 327 g/mol. The van der Waals surface area contributed by atoms with Gasteiger partial charge in [0.1, 0.15) is 11.3 Å².